The molecule has 1 aliphatic rings. The Kier molecular flexibility index (Phi) is 5.28. The van der Waals surface area contributed by atoms with E-state index >= 15 is 0 Å². The number of nitrogens with zero attached hydrogens (tertiary/aromatic N) is 1. The van der Waals surface area contributed by atoms with E-state index in [1.54, 1.807) is 39.0 Å². The molecule has 6 nitrogen and oxygen atoms in total. The number of benzene rings is 1. The predicted octanol–water partition coefficient (Wildman–Crippen LogP) is 2.99. The van der Waals surface area contributed by atoms with Crippen molar-refractivity contribution in [3.8, 4) is 0 Å². The summed E-state index contributed by atoms with van der Waals surface area (Å²) in [4.78, 5) is 26.1. The van der Waals surface area contributed by atoms with Gasteiger partial charge in [0, 0.05) is 12.6 Å². The Morgan fingerprint density at radius 2 is 1.54 bits per heavy atom. The number of amides is 2. The minimum absolute atomic E-state index is 0.347. The molecule has 0 saturated carbocycles. The van der Waals surface area contributed by atoms with Crippen molar-refractivity contribution in [2.75, 3.05) is 7.05 Å². The molecule has 1 aromatic rings. The first kappa shape index (κ1) is 20.5. The summed E-state index contributed by atoms with van der Waals surface area (Å²) in [5, 5.41) is 0. The summed E-state index contributed by atoms with van der Waals surface area (Å²) in [7, 11) is 0.712. The van der Waals surface area contributed by atoms with E-state index in [2.05, 4.69) is 0 Å². The van der Waals surface area contributed by atoms with Crippen molar-refractivity contribution in [3.63, 3.8) is 0 Å². The first-order valence-corrected chi connectivity index (χ1v) is 8.71. The van der Waals surface area contributed by atoms with Crippen LogP contribution in [0.15, 0.2) is 24.3 Å². The smallest absolute Gasteiger partial charge is 0.443 e. The molecule has 0 bridgehead atoms. The van der Waals surface area contributed by atoms with Crippen LogP contribution in [0, 0.1) is 0 Å². The second-order valence-corrected chi connectivity index (χ2v) is 8.52. The van der Waals surface area contributed by atoms with E-state index in [1.807, 2.05) is 33.8 Å². The molecule has 26 heavy (non-hydrogen) atoms. The Hall–Kier alpha value is -1.86. The molecular formula is C19H28BNO5. The number of hydrogen-bond donors (Lipinski definition) is 0. The lowest BCUT2D eigenvalue weighted by molar-refractivity contribution is 0.00578. The van der Waals surface area contributed by atoms with Gasteiger partial charge in [-0.1, -0.05) is 18.2 Å². The number of imide groups is 1. The van der Waals surface area contributed by atoms with Crippen LogP contribution in [-0.4, -0.2) is 47.9 Å². The molecule has 1 aliphatic heterocycles. The fourth-order valence-electron chi connectivity index (χ4n) is 2.46. The lowest BCUT2D eigenvalue weighted by atomic mass is 9.75. The number of hydrogen-bond acceptors (Lipinski definition) is 5. The highest BCUT2D eigenvalue weighted by Gasteiger charge is 2.52. The van der Waals surface area contributed by atoms with Gasteiger partial charge in [-0.05, 0) is 60.0 Å². The van der Waals surface area contributed by atoms with Gasteiger partial charge in [-0.25, -0.2) is 9.69 Å². The fraction of sp³-hybridized carbons (Fsp3) is 0.579. The van der Waals surface area contributed by atoms with Gasteiger partial charge in [-0.15, -0.1) is 0 Å². The maximum atomic E-state index is 12.9. The first-order valence-electron chi connectivity index (χ1n) is 8.71. The van der Waals surface area contributed by atoms with E-state index < -0.39 is 35.9 Å². The highest BCUT2D eigenvalue weighted by atomic mass is 16.7. The zero-order valence-electron chi connectivity index (χ0n) is 16.9. The predicted molar refractivity (Wildman–Crippen MR) is 100 cm³/mol. The minimum atomic E-state index is -0.703. The van der Waals surface area contributed by atoms with E-state index in [1.165, 1.54) is 7.05 Å². The molecule has 7 heteroatoms. The largest absolute Gasteiger partial charge is 0.495 e. The van der Waals surface area contributed by atoms with Crippen molar-refractivity contribution in [2.45, 2.75) is 65.3 Å². The molecule has 0 N–H and O–H groups in total. The maximum absolute atomic E-state index is 12.9. The van der Waals surface area contributed by atoms with Crippen LogP contribution in [0.2, 0.25) is 0 Å². The molecule has 0 aliphatic carbocycles. The topological polar surface area (TPSA) is 65.1 Å². The van der Waals surface area contributed by atoms with Gasteiger partial charge in [0.15, 0.2) is 0 Å². The highest BCUT2D eigenvalue weighted by Crippen LogP contribution is 2.36. The maximum Gasteiger partial charge on any atom is 0.495 e. The first-order chi connectivity index (χ1) is 11.8. The quantitative estimate of drug-likeness (QED) is 0.758. The van der Waals surface area contributed by atoms with Crippen molar-refractivity contribution in [3.05, 3.63) is 29.8 Å². The molecule has 0 atom stereocenters. The van der Waals surface area contributed by atoms with Crippen LogP contribution in [0.5, 0.6) is 0 Å². The third-order valence-corrected chi connectivity index (χ3v) is 4.67. The Balaban J connectivity index is 2.30. The molecular weight excluding hydrogens is 333 g/mol. The van der Waals surface area contributed by atoms with Crippen molar-refractivity contribution in [1.29, 1.82) is 0 Å². The number of ether oxygens (including phenoxy) is 1. The van der Waals surface area contributed by atoms with Gasteiger partial charge in [-0.2, -0.15) is 0 Å². The summed E-state index contributed by atoms with van der Waals surface area (Å²) in [6, 6.07) is 6.98. The van der Waals surface area contributed by atoms with Gasteiger partial charge in [0.1, 0.15) is 5.60 Å². The van der Waals surface area contributed by atoms with Gasteiger partial charge in [0.25, 0.3) is 5.91 Å². The molecule has 0 spiro atoms. The van der Waals surface area contributed by atoms with Crippen molar-refractivity contribution in [2.24, 2.45) is 0 Å². The minimum Gasteiger partial charge on any atom is -0.443 e. The van der Waals surface area contributed by atoms with Gasteiger partial charge < -0.3 is 14.0 Å². The zero-order chi connectivity index (χ0) is 19.9. The number of carbonyl (C=O) groups is 2. The monoisotopic (exact) mass is 361 g/mol. The highest BCUT2D eigenvalue weighted by molar-refractivity contribution is 6.63. The van der Waals surface area contributed by atoms with Crippen LogP contribution in [-0.2, 0) is 14.0 Å². The van der Waals surface area contributed by atoms with E-state index in [0.29, 0.717) is 11.0 Å². The van der Waals surface area contributed by atoms with Crippen LogP contribution < -0.4 is 5.46 Å². The molecule has 0 radical (unpaired) electrons. The van der Waals surface area contributed by atoms with Crippen molar-refractivity contribution in [1.82, 2.24) is 4.90 Å². The average molecular weight is 361 g/mol. The molecule has 2 amide bonds. The third-order valence-electron chi connectivity index (χ3n) is 4.67. The number of rotatable bonds is 2. The van der Waals surface area contributed by atoms with Crippen LogP contribution in [0.4, 0.5) is 4.79 Å². The van der Waals surface area contributed by atoms with Gasteiger partial charge in [0.05, 0.1) is 11.2 Å². The summed E-state index contributed by atoms with van der Waals surface area (Å²) in [6.45, 7) is 13.0. The molecule has 0 unspecified atom stereocenters. The molecule has 142 valence electrons. The Labute approximate surface area is 155 Å². The molecule has 2 rings (SSSR count). The van der Waals surface area contributed by atoms with Crippen LogP contribution >= 0.6 is 0 Å². The van der Waals surface area contributed by atoms with Gasteiger partial charge >= 0.3 is 13.2 Å². The van der Waals surface area contributed by atoms with Crippen LogP contribution in [0.1, 0.15) is 58.8 Å². The summed E-state index contributed by atoms with van der Waals surface area (Å²) in [5.41, 5.74) is -0.793. The van der Waals surface area contributed by atoms with E-state index in [4.69, 9.17) is 14.0 Å². The van der Waals surface area contributed by atoms with Gasteiger partial charge in [0.2, 0.25) is 0 Å². The van der Waals surface area contributed by atoms with Crippen molar-refractivity contribution >= 4 is 24.6 Å². The fourth-order valence-corrected chi connectivity index (χ4v) is 2.46. The molecule has 1 saturated heterocycles. The standard InChI is InChI=1S/C19H28BNO5/c1-17(2,3)24-16(23)21(8)15(22)13-11-9-10-12-14(13)20-25-18(4,5)19(6,7)26-20/h9-12H,1-8H3. The molecule has 0 aromatic heterocycles. The van der Waals surface area contributed by atoms with E-state index in [-0.39, 0.29) is 0 Å². The van der Waals surface area contributed by atoms with Crippen molar-refractivity contribution < 1.29 is 23.6 Å². The molecule has 1 fully saturated rings. The Morgan fingerprint density at radius 1 is 1.04 bits per heavy atom. The lowest BCUT2D eigenvalue weighted by Gasteiger charge is -2.32. The van der Waals surface area contributed by atoms with Crippen LogP contribution in [0.25, 0.3) is 0 Å². The summed E-state index contributed by atoms with van der Waals surface area (Å²) in [5.74, 6) is -0.468. The second-order valence-electron chi connectivity index (χ2n) is 8.52. The van der Waals surface area contributed by atoms with Crippen LogP contribution in [0.3, 0.4) is 0 Å². The SMILES string of the molecule is CN(C(=O)OC(C)(C)C)C(=O)c1ccccc1B1OC(C)(C)C(C)(C)O1. The Morgan fingerprint density at radius 3 is 2.04 bits per heavy atom. The summed E-state index contributed by atoms with van der Waals surface area (Å²) in [6.07, 6.45) is -0.703. The summed E-state index contributed by atoms with van der Waals surface area (Å²) < 4.78 is 17.4. The van der Waals surface area contributed by atoms with Gasteiger partial charge in [-0.3, -0.25) is 4.79 Å². The summed E-state index contributed by atoms with van der Waals surface area (Å²) >= 11 is 0. The third kappa shape index (κ3) is 4.10. The number of carbonyl (C=O) groups excluding carboxylic acids is 2. The van der Waals surface area contributed by atoms with E-state index in [9.17, 15) is 9.59 Å². The molecule has 1 aromatic carbocycles. The lowest BCUT2D eigenvalue weighted by Crippen LogP contribution is -2.43. The normalized spacial score (nSPS) is 18.5. The Bertz CT molecular complexity index is 692. The second kappa shape index (κ2) is 6.70. The zero-order valence-corrected chi connectivity index (χ0v) is 16.9. The molecule has 1 heterocycles. The van der Waals surface area contributed by atoms with E-state index in [0.717, 1.165) is 4.90 Å². The average Bonchev–Trinajstić information content (AvgIpc) is 2.72.